The van der Waals surface area contributed by atoms with Crippen molar-refractivity contribution in [3.63, 3.8) is 0 Å². The Labute approximate surface area is 218 Å². The number of hydrogen-bond donors (Lipinski definition) is 7. The molecular weight excluding hydrogens is 494 g/mol. The van der Waals surface area contributed by atoms with Crippen LogP contribution in [0, 0.1) is 17.2 Å². The number of nitrogens with two attached hydrogens (primary N) is 1. The largest absolute Gasteiger partial charge is 0.510 e. The van der Waals surface area contributed by atoms with Crippen LogP contribution in [0.1, 0.15) is 35.2 Å². The Bertz CT molecular complexity index is 1340. The molecule has 3 aliphatic carbocycles. The highest BCUT2D eigenvalue weighted by atomic mass is 16.3. The van der Waals surface area contributed by atoms with Gasteiger partial charge in [0.2, 0.25) is 5.78 Å². The number of ketones is 2. The summed E-state index contributed by atoms with van der Waals surface area (Å²) >= 11 is 0. The van der Waals surface area contributed by atoms with E-state index in [0.717, 1.165) is 25.9 Å². The minimum absolute atomic E-state index is 0.00439. The van der Waals surface area contributed by atoms with Crippen molar-refractivity contribution in [1.29, 1.82) is 5.41 Å². The number of anilines is 1. The number of benzene rings is 1. The normalized spacial score (nSPS) is 28.8. The maximum atomic E-state index is 13.7. The zero-order valence-electron chi connectivity index (χ0n) is 21.1. The van der Waals surface area contributed by atoms with Gasteiger partial charge < -0.3 is 36.4 Å². The van der Waals surface area contributed by atoms with Crippen molar-refractivity contribution in [2.75, 3.05) is 32.5 Å². The number of phenols is 1. The lowest BCUT2D eigenvalue weighted by atomic mass is 9.58. The molecule has 1 heterocycles. The lowest BCUT2D eigenvalue weighted by Crippen LogP contribution is -2.63. The van der Waals surface area contributed by atoms with Crippen molar-refractivity contribution in [2.24, 2.45) is 17.6 Å². The number of rotatable bonds is 3. The van der Waals surface area contributed by atoms with E-state index in [1.54, 1.807) is 20.2 Å². The molecule has 1 amide bonds. The summed E-state index contributed by atoms with van der Waals surface area (Å²) in [5.74, 6) is -6.75. The van der Waals surface area contributed by atoms with E-state index < -0.39 is 58.0 Å². The molecule has 0 radical (unpaired) electrons. The number of aromatic hydroxyl groups is 1. The van der Waals surface area contributed by atoms with Gasteiger partial charge in [0.15, 0.2) is 17.3 Å². The number of hydrogen-bond acceptors (Lipinski definition) is 9. The number of allylic oxidation sites excluding steroid dienone is 1. The molecule has 1 saturated heterocycles. The molecule has 1 fully saturated rings. The van der Waals surface area contributed by atoms with Crippen LogP contribution in [0.25, 0.3) is 0 Å². The second-order valence-electron chi connectivity index (χ2n) is 10.6. The maximum absolute atomic E-state index is 13.7. The summed E-state index contributed by atoms with van der Waals surface area (Å²) in [7, 11) is 3.16. The average molecular weight is 526 g/mol. The van der Waals surface area contributed by atoms with Gasteiger partial charge in [-0.3, -0.25) is 24.7 Å². The van der Waals surface area contributed by atoms with Gasteiger partial charge >= 0.3 is 0 Å². The Hall–Kier alpha value is -3.90. The number of aliphatic hydroxyl groups is 3. The molecule has 0 spiro atoms. The number of carbonyl (C=O) groups is 3. The van der Waals surface area contributed by atoms with Crippen molar-refractivity contribution in [3.05, 3.63) is 45.9 Å². The quantitative estimate of drug-likeness (QED) is 0.127. The number of carbonyl (C=O) groups excluding carboxylic acids is 3. The van der Waals surface area contributed by atoms with Gasteiger partial charge in [-0.05, 0) is 63.4 Å². The molecule has 1 aliphatic heterocycles. The molecule has 4 atom stereocenters. The summed E-state index contributed by atoms with van der Waals surface area (Å²) in [4.78, 5) is 42.5. The van der Waals surface area contributed by atoms with Crippen LogP contribution in [0.4, 0.5) is 5.69 Å². The third-order valence-electron chi connectivity index (χ3n) is 8.28. The van der Waals surface area contributed by atoms with Gasteiger partial charge in [-0.2, -0.15) is 0 Å². The van der Waals surface area contributed by atoms with E-state index in [4.69, 9.17) is 11.1 Å². The van der Waals surface area contributed by atoms with Gasteiger partial charge in [0.05, 0.1) is 11.6 Å². The third kappa shape index (κ3) is 3.51. The molecule has 12 nitrogen and oxygen atoms in total. The molecular formula is C26H31N5O7. The van der Waals surface area contributed by atoms with Crippen LogP contribution in [0.2, 0.25) is 0 Å². The number of Topliss-reactive ketones (excluding diaryl/α,β-unsaturated/α-hetero) is 2. The first kappa shape index (κ1) is 25.7. The minimum Gasteiger partial charge on any atom is -0.510 e. The first-order chi connectivity index (χ1) is 17.9. The van der Waals surface area contributed by atoms with Crippen LogP contribution in [-0.2, 0) is 16.0 Å². The highest BCUT2D eigenvalue weighted by Crippen LogP contribution is 2.52. The Kier molecular flexibility index (Phi) is 5.99. The Morgan fingerprint density at radius 3 is 2.45 bits per heavy atom. The summed E-state index contributed by atoms with van der Waals surface area (Å²) in [5.41, 5.74) is 2.44. The van der Waals surface area contributed by atoms with Crippen molar-refractivity contribution in [2.45, 2.75) is 37.3 Å². The molecule has 1 aromatic rings. The Morgan fingerprint density at radius 2 is 1.84 bits per heavy atom. The Balaban J connectivity index is 1.63. The van der Waals surface area contributed by atoms with Gasteiger partial charge in [-0.1, -0.05) is 0 Å². The summed E-state index contributed by atoms with van der Waals surface area (Å²) in [6.45, 7) is 1.47. The van der Waals surface area contributed by atoms with Crippen LogP contribution >= 0.6 is 0 Å². The number of phenolic OH excluding ortho intramolecular Hbond substituents is 1. The highest BCUT2D eigenvalue weighted by Gasteiger charge is 2.63. The fraction of sp³-hybridized carbons (Fsp3) is 0.462. The number of likely N-dealkylation sites (N-methyl/N-ethyl adjacent to an activating group) is 1. The van der Waals surface area contributed by atoms with Crippen molar-refractivity contribution < 1.29 is 34.8 Å². The molecule has 5 rings (SSSR count). The molecule has 8 N–H and O–H groups in total. The van der Waals surface area contributed by atoms with Crippen LogP contribution < -0.4 is 11.1 Å². The fourth-order valence-corrected chi connectivity index (χ4v) is 6.52. The summed E-state index contributed by atoms with van der Waals surface area (Å²) in [6, 6.07) is 1.85. The molecule has 0 bridgehead atoms. The smallest absolute Gasteiger partial charge is 0.255 e. The lowest BCUT2D eigenvalue weighted by Gasteiger charge is -2.50. The molecule has 4 aliphatic rings. The number of amides is 1. The monoisotopic (exact) mass is 525 g/mol. The first-order valence-electron chi connectivity index (χ1n) is 12.5. The second-order valence-corrected chi connectivity index (χ2v) is 10.6. The standard InChI is InChI=1S/C26H31N5O7/c1-30(2)19-13-10-11-9-12-14(29-25(28)31-7-3-4-8-31)5-6-15(32)17(12)20(33)16(11)22(35)26(13,38)23(36)18(21(19)34)24(27)37/h5-6,11,13,19,32,34-35,38H,3-4,7-10H2,1-2H3,(H2,27,37)(H2,28,29)/t11-,13-,19-,26-/m1/s1. The Morgan fingerprint density at radius 1 is 1.18 bits per heavy atom. The summed E-state index contributed by atoms with van der Waals surface area (Å²) in [6.07, 6.45) is 2.10. The fourth-order valence-electron chi connectivity index (χ4n) is 6.52. The summed E-state index contributed by atoms with van der Waals surface area (Å²) in [5, 5.41) is 56.0. The second kappa shape index (κ2) is 8.84. The van der Waals surface area contributed by atoms with Gasteiger partial charge in [0.1, 0.15) is 22.8 Å². The van der Waals surface area contributed by atoms with Gasteiger partial charge in [-0.25, -0.2) is 0 Å². The molecule has 0 aromatic heterocycles. The topological polar surface area (TPSA) is 201 Å². The van der Waals surface area contributed by atoms with Crippen LogP contribution in [0.5, 0.6) is 5.75 Å². The maximum Gasteiger partial charge on any atom is 0.255 e. The van der Waals surface area contributed by atoms with E-state index in [0.29, 0.717) is 11.3 Å². The highest BCUT2D eigenvalue weighted by molar-refractivity contribution is 6.25. The van der Waals surface area contributed by atoms with E-state index in [9.17, 15) is 34.8 Å². The number of guanidine groups is 1. The van der Waals surface area contributed by atoms with Crippen molar-refractivity contribution >= 4 is 29.1 Å². The molecule has 12 heteroatoms. The van der Waals surface area contributed by atoms with Gasteiger partial charge in [0, 0.05) is 30.3 Å². The number of likely N-dealkylation sites (tertiary alicyclic amines) is 1. The zero-order valence-corrected chi connectivity index (χ0v) is 21.1. The van der Waals surface area contributed by atoms with E-state index in [2.05, 4.69) is 5.32 Å². The molecule has 0 saturated carbocycles. The lowest BCUT2D eigenvalue weighted by molar-refractivity contribution is -0.148. The molecule has 0 unspecified atom stereocenters. The van der Waals surface area contributed by atoms with Crippen LogP contribution in [0.3, 0.4) is 0 Å². The van der Waals surface area contributed by atoms with Crippen LogP contribution in [0.15, 0.2) is 34.8 Å². The number of nitrogens with zero attached hydrogens (tertiary/aromatic N) is 2. The predicted molar refractivity (Wildman–Crippen MR) is 136 cm³/mol. The van der Waals surface area contributed by atoms with E-state index in [1.165, 1.54) is 11.0 Å². The van der Waals surface area contributed by atoms with Crippen molar-refractivity contribution in [1.82, 2.24) is 9.80 Å². The van der Waals surface area contributed by atoms with E-state index >= 15 is 0 Å². The van der Waals surface area contributed by atoms with E-state index in [-0.39, 0.29) is 35.7 Å². The zero-order chi connectivity index (χ0) is 27.7. The summed E-state index contributed by atoms with van der Waals surface area (Å²) < 4.78 is 0. The van der Waals surface area contributed by atoms with Gasteiger partial charge in [0.25, 0.3) is 5.91 Å². The average Bonchev–Trinajstić information content (AvgIpc) is 3.38. The number of primary amides is 1. The van der Waals surface area contributed by atoms with Crippen LogP contribution in [-0.4, -0.2) is 92.5 Å². The molecule has 202 valence electrons. The first-order valence-corrected chi connectivity index (χ1v) is 12.5. The predicted octanol–water partition coefficient (Wildman–Crippen LogP) is 0.563. The number of nitrogens with one attached hydrogen (secondary N) is 2. The number of fused-ring (bicyclic) bond motifs is 3. The third-order valence-corrected chi connectivity index (χ3v) is 8.28. The van der Waals surface area contributed by atoms with Crippen molar-refractivity contribution in [3.8, 4) is 5.75 Å². The molecule has 1 aromatic carbocycles. The molecule has 38 heavy (non-hydrogen) atoms. The minimum atomic E-state index is -2.67. The van der Waals surface area contributed by atoms with E-state index in [1.807, 2.05) is 4.90 Å². The van der Waals surface area contributed by atoms with Gasteiger partial charge in [-0.15, -0.1) is 0 Å². The number of aliphatic hydroxyl groups excluding tert-OH is 2. The SMILES string of the molecule is CN(C)[C@H]1C(O)=C(C(N)=O)C(=O)[C@]2(O)C(O)=C3C(=O)c4c(O)ccc(NC(=N)N5CCCC5)c4C[C@@H]3C[C@H]12.